The molecule has 0 radical (unpaired) electrons. The molecule has 4 heteroatoms. The van der Waals surface area contributed by atoms with E-state index in [9.17, 15) is 0 Å². The molecule has 0 aliphatic rings. The zero-order valence-corrected chi connectivity index (χ0v) is 61.7. The molecule has 0 bridgehead atoms. The van der Waals surface area contributed by atoms with Crippen molar-refractivity contribution in [2.24, 2.45) is 0 Å². The number of anilines is 6. The molecule has 2 aromatic heterocycles. The molecule has 112 heavy (non-hydrogen) atoms. The van der Waals surface area contributed by atoms with Gasteiger partial charge >= 0.3 is 0 Å². The Labute approximate surface area is 653 Å². The molecule has 2 heterocycles. The van der Waals surface area contributed by atoms with Gasteiger partial charge < -0.3 is 18.9 Å². The molecule has 18 aromatic carbocycles. The Kier molecular flexibility index (Phi) is 18.4. The maximum atomic E-state index is 2.44. The van der Waals surface area contributed by atoms with E-state index in [2.05, 4.69) is 480 Å². The molecule has 0 N–H and O–H groups in total. The van der Waals surface area contributed by atoms with Crippen molar-refractivity contribution < 1.29 is 0 Å². The van der Waals surface area contributed by atoms with Crippen LogP contribution < -0.4 is 9.80 Å². The lowest BCUT2D eigenvalue weighted by atomic mass is 9.91. The minimum atomic E-state index is 1.08. The van der Waals surface area contributed by atoms with E-state index in [1.807, 2.05) is 0 Å². The van der Waals surface area contributed by atoms with Crippen molar-refractivity contribution in [3.63, 3.8) is 0 Å². The Hall–Kier alpha value is -14.8. The Balaban J connectivity index is 0.000000151. The molecule has 0 saturated heterocycles. The van der Waals surface area contributed by atoms with E-state index in [-0.39, 0.29) is 0 Å². The first-order valence-corrected chi connectivity index (χ1v) is 38.4. The second-order valence-corrected chi connectivity index (χ2v) is 28.3. The van der Waals surface area contributed by atoms with Gasteiger partial charge in [-0.2, -0.15) is 0 Å². The summed E-state index contributed by atoms with van der Waals surface area (Å²) < 4.78 is 4.77. The van der Waals surface area contributed by atoms with Gasteiger partial charge in [0.25, 0.3) is 0 Å². The quantitative estimate of drug-likeness (QED) is 0.0959. The fourth-order valence-electron chi connectivity index (χ4n) is 16.4. The molecular weight excluding hydrogens is 1350 g/mol. The summed E-state index contributed by atoms with van der Waals surface area (Å²) in [5, 5.41) is 5.06. The Bertz CT molecular complexity index is 6550. The van der Waals surface area contributed by atoms with Gasteiger partial charge in [0, 0.05) is 66.7 Å². The normalized spacial score (nSPS) is 11.2. The average Bonchev–Trinajstić information content (AvgIpc) is 1.46. The maximum Gasteiger partial charge on any atom is 0.0546 e. The Morgan fingerprint density at radius 1 is 0.152 bits per heavy atom. The third kappa shape index (κ3) is 13.2. The summed E-state index contributed by atoms with van der Waals surface area (Å²) in [5.74, 6) is 0. The highest BCUT2D eigenvalue weighted by Gasteiger charge is 2.25. The number of nitrogens with zero attached hydrogens (tertiary/aromatic N) is 4. The minimum absolute atomic E-state index is 1.08. The van der Waals surface area contributed by atoms with Gasteiger partial charge in [0.05, 0.1) is 39.1 Å². The summed E-state index contributed by atoms with van der Waals surface area (Å²) in [6, 6.07) is 166. The van der Waals surface area contributed by atoms with Crippen LogP contribution in [-0.4, -0.2) is 9.13 Å². The number of para-hydroxylation sites is 6. The fraction of sp³-hybridized carbons (Fsp3) is 0. The summed E-state index contributed by atoms with van der Waals surface area (Å²) in [5.41, 5.74) is 32.5. The van der Waals surface area contributed by atoms with E-state index in [0.29, 0.717) is 0 Å². The minimum Gasteiger partial charge on any atom is -0.310 e. The second kappa shape index (κ2) is 30.4. The van der Waals surface area contributed by atoms with E-state index in [4.69, 9.17) is 0 Å². The number of fused-ring (bicyclic) bond motifs is 6. The van der Waals surface area contributed by atoms with Crippen LogP contribution in [0.15, 0.2) is 461 Å². The molecule has 20 aromatic rings. The van der Waals surface area contributed by atoms with Gasteiger partial charge in [0.2, 0.25) is 0 Å². The molecule has 0 atom stereocenters. The van der Waals surface area contributed by atoms with Crippen molar-refractivity contribution in [3.05, 3.63) is 461 Å². The molecule has 4 nitrogen and oxygen atoms in total. The lowest BCUT2D eigenvalue weighted by Gasteiger charge is -2.31. The molecular formula is C108H76N4. The Morgan fingerprint density at radius 3 is 0.848 bits per heavy atom. The van der Waals surface area contributed by atoms with Crippen LogP contribution in [0.5, 0.6) is 0 Å². The third-order valence-electron chi connectivity index (χ3n) is 21.6. The zero-order valence-electron chi connectivity index (χ0n) is 61.7. The summed E-state index contributed by atoms with van der Waals surface area (Å²) in [6.45, 7) is 0. The predicted molar refractivity (Wildman–Crippen MR) is 474 cm³/mol. The van der Waals surface area contributed by atoms with Crippen molar-refractivity contribution >= 4 is 77.7 Å². The standard InChI is InChI=1S/2C54H38N2/c1-4-18-40(19-5-1)46-26-10-13-30-50(46)55(53-33-17-29-47(41-20-6-2-7-21-41)54(53)42-22-8-3-9-23-42)44-36-34-39(35-37-44)43-24-16-25-45(38-43)56-51-31-14-11-27-48(51)49-28-12-15-32-52(49)56;1-4-17-39(18-5-1)44-35-45(40-19-6-2-7-20-40)38-48(37-44)55(52-28-13-10-25-49(52)42-21-8-3-9-22-42)46-33-31-41(32-34-46)43-23-16-24-47(36-43)56-53-29-14-11-26-50(53)51-27-12-15-30-54(51)56/h2*1-38H. The molecule has 528 valence electrons. The summed E-state index contributed by atoms with van der Waals surface area (Å²) in [6.07, 6.45) is 0. The molecule has 0 spiro atoms. The lowest BCUT2D eigenvalue weighted by molar-refractivity contribution is 1.18. The molecule has 0 unspecified atom stereocenters. The number of benzene rings is 18. The smallest absolute Gasteiger partial charge is 0.0546 e. The van der Waals surface area contributed by atoms with Crippen molar-refractivity contribution in [2.45, 2.75) is 0 Å². The number of rotatable bonds is 16. The van der Waals surface area contributed by atoms with Crippen LogP contribution in [0, 0.1) is 0 Å². The van der Waals surface area contributed by atoms with Crippen molar-refractivity contribution in [3.8, 4) is 100 Å². The molecule has 0 aliphatic heterocycles. The topological polar surface area (TPSA) is 16.3 Å². The van der Waals surface area contributed by atoms with Crippen LogP contribution in [0.2, 0.25) is 0 Å². The average molecular weight is 1430 g/mol. The Morgan fingerprint density at radius 2 is 0.438 bits per heavy atom. The van der Waals surface area contributed by atoms with Crippen LogP contribution >= 0.6 is 0 Å². The SMILES string of the molecule is c1ccc(-c2cc(-c3ccccc3)cc(N(c3ccc(-c4cccc(-n5c6ccccc6c6ccccc65)c4)cc3)c3ccccc3-c3ccccc3)c2)cc1.c1ccc(-c2ccccc2N(c2ccc(-c3cccc(-n4c5ccccc5c5ccccc54)c3)cc2)c2cccc(-c3ccccc3)c2-c2ccccc2)cc1. The number of aromatic nitrogens is 2. The highest BCUT2D eigenvalue weighted by atomic mass is 15.2. The monoisotopic (exact) mass is 1430 g/mol. The van der Waals surface area contributed by atoms with Crippen LogP contribution in [0.3, 0.4) is 0 Å². The first-order valence-electron chi connectivity index (χ1n) is 38.4. The highest BCUT2D eigenvalue weighted by Crippen LogP contribution is 2.50. The van der Waals surface area contributed by atoms with Gasteiger partial charge in [-0.05, 0) is 182 Å². The summed E-state index contributed by atoms with van der Waals surface area (Å²) in [7, 11) is 0. The summed E-state index contributed by atoms with van der Waals surface area (Å²) >= 11 is 0. The third-order valence-corrected chi connectivity index (χ3v) is 21.6. The first-order chi connectivity index (χ1) is 55.6. The van der Waals surface area contributed by atoms with Gasteiger partial charge in [-0.25, -0.2) is 0 Å². The second-order valence-electron chi connectivity index (χ2n) is 28.3. The van der Waals surface area contributed by atoms with E-state index < -0.39 is 0 Å². The van der Waals surface area contributed by atoms with Crippen LogP contribution in [0.4, 0.5) is 34.1 Å². The van der Waals surface area contributed by atoms with Crippen molar-refractivity contribution in [1.82, 2.24) is 9.13 Å². The number of hydrogen-bond donors (Lipinski definition) is 0. The number of hydrogen-bond acceptors (Lipinski definition) is 2. The van der Waals surface area contributed by atoms with Gasteiger partial charge in [-0.1, -0.05) is 352 Å². The molecule has 0 amide bonds. The van der Waals surface area contributed by atoms with E-state index in [1.165, 1.54) is 122 Å². The van der Waals surface area contributed by atoms with Gasteiger partial charge in [-0.15, -0.1) is 0 Å². The molecule has 20 rings (SSSR count). The first kappa shape index (κ1) is 67.7. The van der Waals surface area contributed by atoms with Crippen LogP contribution in [0.25, 0.3) is 144 Å². The molecule has 0 fully saturated rings. The fourth-order valence-corrected chi connectivity index (χ4v) is 16.4. The molecule has 0 aliphatic carbocycles. The highest BCUT2D eigenvalue weighted by molar-refractivity contribution is 6.11. The van der Waals surface area contributed by atoms with Gasteiger partial charge in [0.15, 0.2) is 0 Å². The van der Waals surface area contributed by atoms with E-state index >= 15 is 0 Å². The largest absolute Gasteiger partial charge is 0.310 e. The van der Waals surface area contributed by atoms with E-state index in [1.54, 1.807) is 0 Å². The lowest BCUT2D eigenvalue weighted by Crippen LogP contribution is -2.13. The van der Waals surface area contributed by atoms with Crippen LogP contribution in [-0.2, 0) is 0 Å². The van der Waals surface area contributed by atoms with Gasteiger partial charge in [-0.3, -0.25) is 0 Å². The van der Waals surface area contributed by atoms with Crippen molar-refractivity contribution in [2.75, 3.05) is 9.80 Å². The molecule has 0 saturated carbocycles. The van der Waals surface area contributed by atoms with Crippen molar-refractivity contribution in [1.29, 1.82) is 0 Å². The zero-order chi connectivity index (χ0) is 74.5. The van der Waals surface area contributed by atoms with Gasteiger partial charge in [0.1, 0.15) is 0 Å². The van der Waals surface area contributed by atoms with E-state index in [0.717, 1.165) is 56.6 Å². The predicted octanol–water partition coefficient (Wildman–Crippen LogP) is 29.8. The van der Waals surface area contributed by atoms with Crippen LogP contribution in [0.1, 0.15) is 0 Å². The summed E-state index contributed by atoms with van der Waals surface area (Å²) in [4.78, 5) is 4.86. The maximum absolute atomic E-state index is 2.44.